The Balaban J connectivity index is 2.75. The second-order valence-corrected chi connectivity index (χ2v) is 4.85. The quantitative estimate of drug-likeness (QED) is 0.860. The summed E-state index contributed by atoms with van der Waals surface area (Å²) in [5.74, 6) is 1.05. The van der Waals surface area contributed by atoms with Gasteiger partial charge in [-0.25, -0.2) is 0 Å². The van der Waals surface area contributed by atoms with Gasteiger partial charge in [-0.3, -0.25) is 4.79 Å². The Labute approximate surface area is 118 Å². The number of methoxy groups -OCH3 is 1. The molecular weight excluding hydrogens is 254 g/mol. The molecule has 0 saturated carbocycles. The highest BCUT2D eigenvalue weighted by Gasteiger charge is 2.19. The zero-order valence-electron chi connectivity index (χ0n) is 12.2. The number of hydrogen-bond donors (Lipinski definition) is 0. The number of aryl methyl sites for hydroxylation is 1. The molecule has 2 rings (SSSR count). The van der Waals surface area contributed by atoms with Crippen molar-refractivity contribution in [2.45, 2.75) is 20.0 Å². The number of rotatable bonds is 4. The topological polar surface area (TPSA) is 40.5 Å². The number of pyridine rings is 1. The van der Waals surface area contributed by atoms with E-state index in [1.165, 1.54) is 4.57 Å². The third-order valence-corrected chi connectivity index (χ3v) is 2.93. The normalized spacial score (nSPS) is 10.7. The Morgan fingerprint density at radius 3 is 2.35 bits per heavy atom. The Bertz CT molecular complexity index is 645. The van der Waals surface area contributed by atoms with Gasteiger partial charge in [-0.2, -0.15) is 0 Å². The smallest absolute Gasteiger partial charge is 0.262 e. The van der Waals surface area contributed by atoms with Crippen LogP contribution >= 0.6 is 0 Å². The maximum atomic E-state index is 12.5. The van der Waals surface area contributed by atoms with Gasteiger partial charge in [-0.05, 0) is 19.4 Å². The van der Waals surface area contributed by atoms with Crippen molar-refractivity contribution < 1.29 is 9.47 Å². The Morgan fingerprint density at radius 1 is 1.15 bits per heavy atom. The van der Waals surface area contributed by atoms with E-state index in [1.54, 1.807) is 20.4 Å². The lowest BCUT2D eigenvalue weighted by molar-refractivity contribution is 0.230. The lowest BCUT2D eigenvalue weighted by atomic mass is 10.1. The zero-order valence-corrected chi connectivity index (χ0v) is 12.2. The number of ether oxygens (including phenoxy) is 2. The van der Waals surface area contributed by atoms with Crippen molar-refractivity contribution in [3.05, 3.63) is 46.9 Å². The number of hydrogen-bond acceptors (Lipinski definition) is 3. The van der Waals surface area contributed by atoms with Gasteiger partial charge in [0.1, 0.15) is 0 Å². The lowest BCUT2D eigenvalue weighted by Gasteiger charge is -2.18. The van der Waals surface area contributed by atoms with Gasteiger partial charge in [-0.15, -0.1) is 0 Å². The standard InChI is InChI=1S/C16H19NO3/c1-11(2)20-15-13(19-4)10-17(3)16(18)14(15)12-8-6-5-7-9-12/h5-11H,1-4H3. The maximum Gasteiger partial charge on any atom is 0.262 e. The van der Waals surface area contributed by atoms with Gasteiger partial charge in [0, 0.05) is 7.05 Å². The van der Waals surface area contributed by atoms with E-state index in [4.69, 9.17) is 9.47 Å². The average Bonchev–Trinajstić information content (AvgIpc) is 2.43. The molecule has 0 saturated heterocycles. The van der Waals surface area contributed by atoms with Crippen molar-refractivity contribution in [3.63, 3.8) is 0 Å². The fraction of sp³-hybridized carbons (Fsp3) is 0.312. The van der Waals surface area contributed by atoms with Gasteiger partial charge in [0.25, 0.3) is 5.56 Å². The first kappa shape index (κ1) is 14.2. The highest BCUT2D eigenvalue weighted by atomic mass is 16.5. The molecule has 0 radical (unpaired) electrons. The number of aromatic nitrogens is 1. The first-order chi connectivity index (χ1) is 9.54. The summed E-state index contributed by atoms with van der Waals surface area (Å²) in [6.45, 7) is 3.84. The summed E-state index contributed by atoms with van der Waals surface area (Å²) in [7, 11) is 3.28. The molecule has 4 nitrogen and oxygen atoms in total. The fourth-order valence-electron chi connectivity index (χ4n) is 2.05. The van der Waals surface area contributed by atoms with Crippen molar-refractivity contribution in [1.29, 1.82) is 0 Å². The Morgan fingerprint density at radius 2 is 1.80 bits per heavy atom. The van der Waals surface area contributed by atoms with Crippen molar-refractivity contribution in [1.82, 2.24) is 4.57 Å². The average molecular weight is 273 g/mol. The molecule has 2 aromatic rings. The highest BCUT2D eigenvalue weighted by molar-refractivity contribution is 5.72. The summed E-state index contributed by atoms with van der Waals surface area (Å²) >= 11 is 0. The van der Waals surface area contributed by atoms with E-state index in [0.717, 1.165) is 5.56 Å². The molecule has 0 N–H and O–H groups in total. The SMILES string of the molecule is COc1cn(C)c(=O)c(-c2ccccc2)c1OC(C)C. The Kier molecular flexibility index (Phi) is 4.13. The minimum absolute atomic E-state index is 0.0431. The van der Waals surface area contributed by atoms with Crippen LogP contribution in [0.1, 0.15) is 13.8 Å². The second kappa shape index (κ2) is 5.82. The molecular formula is C16H19NO3. The third kappa shape index (κ3) is 2.69. The van der Waals surface area contributed by atoms with Gasteiger partial charge < -0.3 is 14.0 Å². The number of nitrogens with zero attached hydrogens (tertiary/aromatic N) is 1. The minimum Gasteiger partial charge on any atom is -0.491 e. The first-order valence-corrected chi connectivity index (χ1v) is 6.54. The summed E-state index contributed by atoms with van der Waals surface area (Å²) in [4.78, 5) is 12.5. The van der Waals surface area contributed by atoms with Gasteiger partial charge in [-0.1, -0.05) is 30.3 Å². The molecule has 0 aliphatic carbocycles. The monoisotopic (exact) mass is 273 g/mol. The molecule has 0 unspecified atom stereocenters. The van der Waals surface area contributed by atoms with Crippen LogP contribution in [0.4, 0.5) is 0 Å². The van der Waals surface area contributed by atoms with Crippen molar-refractivity contribution in [2.75, 3.05) is 7.11 Å². The lowest BCUT2D eigenvalue weighted by Crippen LogP contribution is -2.21. The van der Waals surface area contributed by atoms with Crippen LogP contribution < -0.4 is 15.0 Å². The maximum absolute atomic E-state index is 12.5. The molecule has 0 aliphatic heterocycles. The van der Waals surface area contributed by atoms with E-state index in [2.05, 4.69) is 0 Å². The zero-order chi connectivity index (χ0) is 14.7. The molecule has 1 aromatic heterocycles. The van der Waals surface area contributed by atoms with E-state index in [-0.39, 0.29) is 11.7 Å². The third-order valence-electron chi connectivity index (χ3n) is 2.93. The van der Waals surface area contributed by atoms with E-state index in [9.17, 15) is 4.79 Å². The van der Waals surface area contributed by atoms with Crippen molar-refractivity contribution in [3.8, 4) is 22.6 Å². The van der Waals surface area contributed by atoms with Crippen molar-refractivity contribution in [2.24, 2.45) is 7.05 Å². The predicted octanol–water partition coefficient (Wildman–Crippen LogP) is 2.85. The van der Waals surface area contributed by atoms with E-state index in [0.29, 0.717) is 17.1 Å². The van der Waals surface area contributed by atoms with Gasteiger partial charge in [0.05, 0.1) is 25.0 Å². The van der Waals surface area contributed by atoms with Crippen LogP contribution in [0, 0.1) is 0 Å². The molecule has 1 aromatic carbocycles. The molecule has 0 spiro atoms. The van der Waals surface area contributed by atoms with Crippen LogP contribution in [0.3, 0.4) is 0 Å². The molecule has 0 amide bonds. The summed E-state index contributed by atoms with van der Waals surface area (Å²) in [6, 6.07) is 9.49. The second-order valence-electron chi connectivity index (χ2n) is 4.85. The molecule has 0 bridgehead atoms. The minimum atomic E-state index is -0.104. The summed E-state index contributed by atoms with van der Waals surface area (Å²) in [5.41, 5.74) is 1.25. The fourth-order valence-corrected chi connectivity index (χ4v) is 2.05. The molecule has 1 heterocycles. The molecule has 4 heteroatoms. The number of benzene rings is 1. The summed E-state index contributed by atoms with van der Waals surface area (Å²) in [5, 5.41) is 0. The van der Waals surface area contributed by atoms with Crippen LogP contribution in [0.15, 0.2) is 41.3 Å². The van der Waals surface area contributed by atoms with Crippen LogP contribution in [-0.4, -0.2) is 17.8 Å². The van der Waals surface area contributed by atoms with Gasteiger partial charge in [0.15, 0.2) is 11.5 Å². The first-order valence-electron chi connectivity index (χ1n) is 6.54. The van der Waals surface area contributed by atoms with Crippen LogP contribution in [0.5, 0.6) is 11.5 Å². The van der Waals surface area contributed by atoms with Crippen molar-refractivity contribution >= 4 is 0 Å². The molecule has 0 aliphatic rings. The van der Waals surface area contributed by atoms with Crippen LogP contribution in [0.2, 0.25) is 0 Å². The molecule has 0 atom stereocenters. The highest BCUT2D eigenvalue weighted by Crippen LogP contribution is 2.35. The van der Waals surface area contributed by atoms with Crippen LogP contribution in [-0.2, 0) is 7.05 Å². The summed E-state index contributed by atoms with van der Waals surface area (Å²) in [6.07, 6.45) is 1.60. The van der Waals surface area contributed by atoms with Crippen LogP contribution in [0.25, 0.3) is 11.1 Å². The Hall–Kier alpha value is -2.23. The van der Waals surface area contributed by atoms with Gasteiger partial charge >= 0.3 is 0 Å². The summed E-state index contributed by atoms with van der Waals surface area (Å²) < 4.78 is 12.7. The van der Waals surface area contributed by atoms with E-state index >= 15 is 0 Å². The predicted molar refractivity (Wildman–Crippen MR) is 79.4 cm³/mol. The largest absolute Gasteiger partial charge is 0.491 e. The molecule has 106 valence electrons. The van der Waals surface area contributed by atoms with Gasteiger partial charge in [0.2, 0.25) is 0 Å². The van der Waals surface area contributed by atoms with E-state index in [1.807, 2.05) is 44.2 Å². The molecule has 0 fully saturated rings. The molecule has 20 heavy (non-hydrogen) atoms. The van der Waals surface area contributed by atoms with E-state index < -0.39 is 0 Å².